The lowest BCUT2D eigenvalue weighted by molar-refractivity contribution is 0.294. The van der Waals surface area contributed by atoms with Gasteiger partial charge < -0.3 is 4.74 Å². The van der Waals surface area contributed by atoms with Gasteiger partial charge in [-0.1, -0.05) is 15.9 Å². The topological polar surface area (TPSA) is 27.1 Å². The van der Waals surface area contributed by atoms with Crippen LogP contribution in [0.5, 0.6) is 5.75 Å². The Morgan fingerprint density at radius 2 is 2.11 bits per heavy atom. The van der Waals surface area contributed by atoms with E-state index in [1.807, 2.05) is 36.9 Å². The van der Waals surface area contributed by atoms with Crippen LogP contribution in [0.4, 0.5) is 0 Å². The first-order valence-corrected chi connectivity index (χ1v) is 7.80. The lowest BCUT2D eigenvalue weighted by Crippen LogP contribution is -2.03. The number of aromatic nitrogens is 2. The highest BCUT2D eigenvalue weighted by molar-refractivity contribution is 9.10. The summed E-state index contributed by atoms with van der Waals surface area (Å²) in [4.78, 5) is 0. The standard InChI is InChI=1S/C13H13Br2ClN2O/c1-8-13(15)12(18(2)17-8)7-19-10-3-4-11(14)9(5-10)6-16/h3-5H,6-7H2,1-2H3. The van der Waals surface area contributed by atoms with Crippen molar-refractivity contribution in [3.63, 3.8) is 0 Å². The Bertz CT molecular complexity index is 599. The van der Waals surface area contributed by atoms with Crippen LogP contribution in [0.15, 0.2) is 27.1 Å². The van der Waals surface area contributed by atoms with Crippen molar-refractivity contribution in [1.82, 2.24) is 9.78 Å². The third-order valence-corrected chi connectivity index (χ3v) is 4.89. The fourth-order valence-electron chi connectivity index (χ4n) is 1.73. The number of benzene rings is 1. The molecule has 0 aliphatic rings. The summed E-state index contributed by atoms with van der Waals surface area (Å²) in [5.41, 5.74) is 2.98. The van der Waals surface area contributed by atoms with Crippen molar-refractivity contribution in [3.8, 4) is 5.75 Å². The zero-order chi connectivity index (χ0) is 14.0. The fraction of sp³-hybridized carbons (Fsp3) is 0.308. The molecule has 0 unspecified atom stereocenters. The van der Waals surface area contributed by atoms with Gasteiger partial charge in [-0.25, -0.2) is 0 Å². The lowest BCUT2D eigenvalue weighted by atomic mass is 10.2. The summed E-state index contributed by atoms with van der Waals surface area (Å²) < 4.78 is 9.60. The van der Waals surface area contributed by atoms with Gasteiger partial charge in [0, 0.05) is 17.4 Å². The molecule has 6 heteroatoms. The summed E-state index contributed by atoms with van der Waals surface area (Å²) in [5, 5.41) is 4.33. The summed E-state index contributed by atoms with van der Waals surface area (Å²) in [7, 11) is 1.90. The van der Waals surface area contributed by atoms with E-state index in [9.17, 15) is 0 Å². The highest BCUT2D eigenvalue weighted by atomic mass is 79.9. The Labute approximate surface area is 134 Å². The molecule has 0 aliphatic carbocycles. The molecule has 0 atom stereocenters. The fourth-order valence-corrected chi connectivity index (χ4v) is 2.95. The smallest absolute Gasteiger partial charge is 0.131 e. The summed E-state index contributed by atoms with van der Waals surface area (Å²) in [6.07, 6.45) is 0. The maximum atomic E-state index is 5.87. The molecular weight excluding hydrogens is 395 g/mol. The lowest BCUT2D eigenvalue weighted by Gasteiger charge is -2.09. The molecule has 0 aliphatic heterocycles. The maximum Gasteiger partial charge on any atom is 0.131 e. The number of halogens is 3. The number of ether oxygens (including phenoxy) is 1. The zero-order valence-electron chi connectivity index (χ0n) is 10.6. The summed E-state index contributed by atoms with van der Waals surface area (Å²) in [6, 6.07) is 5.79. The molecule has 0 radical (unpaired) electrons. The van der Waals surface area contributed by atoms with Crippen molar-refractivity contribution in [2.45, 2.75) is 19.4 Å². The number of hydrogen-bond donors (Lipinski definition) is 0. The normalized spacial score (nSPS) is 10.8. The van der Waals surface area contributed by atoms with Gasteiger partial charge in [-0.2, -0.15) is 5.10 Å². The quantitative estimate of drug-likeness (QED) is 0.693. The van der Waals surface area contributed by atoms with Crippen LogP contribution in [0.3, 0.4) is 0 Å². The third kappa shape index (κ3) is 3.33. The summed E-state index contributed by atoms with van der Waals surface area (Å²) in [6.45, 7) is 2.42. The highest BCUT2D eigenvalue weighted by Gasteiger charge is 2.11. The summed E-state index contributed by atoms with van der Waals surface area (Å²) in [5.74, 6) is 1.25. The van der Waals surface area contributed by atoms with Gasteiger partial charge in [-0.15, -0.1) is 11.6 Å². The van der Waals surface area contributed by atoms with Crippen molar-refractivity contribution >= 4 is 43.5 Å². The van der Waals surface area contributed by atoms with Gasteiger partial charge in [0.15, 0.2) is 0 Å². The molecule has 0 N–H and O–H groups in total. The van der Waals surface area contributed by atoms with E-state index in [4.69, 9.17) is 16.3 Å². The second kappa shape index (κ2) is 6.29. The minimum atomic E-state index is 0.451. The molecule has 0 saturated heterocycles. The second-order valence-corrected chi connectivity index (χ2v) is 6.06. The largest absolute Gasteiger partial charge is 0.487 e. The van der Waals surface area contributed by atoms with Gasteiger partial charge in [-0.05, 0) is 46.6 Å². The second-order valence-electron chi connectivity index (χ2n) is 4.15. The molecule has 0 saturated carbocycles. The highest BCUT2D eigenvalue weighted by Crippen LogP contribution is 2.26. The van der Waals surface area contributed by atoms with Crippen molar-refractivity contribution in [2.75, 3.05) is 0 Å². The summed E-state index contributed by atoms with van der Waals surface area (Å²) >= 11 is 12.8. The number of nitrogens with zero attached hydrogens (tertiary/aromatic N) is 2. The van der Waals surface area contributed by atoms with E-state index < -0.39 is 0 Å². The van der Waals surface area contributed by atoms with Crippen LogP contribution in [0.1, 0.15) is 17.0 Å². The van der Waals surface area contributed by atoms with Gasteiger partial charge in [-0.3, -0.25) is 4.68 Å². The molecule has 1 heterocycles. The van der Waals surface area contributed by atoms with Gasteiger partial charge in [0.2, 0.25) is 0 Å². The first-order valence-electron chi connectivity index (χ1n) is 5.68. The molecule has 1 aromatic heterocycles. The van der Waals surface area contributed by atoms with E-state index in [0.29, 0.717) is 12.5 Å². The van der Waals surface area contributed by atoms with Crippen LogP contribution in [-0.4, -0.2) is 9.78 Å². The molecule has 0 amide bonds. The molecule has 3 nitrogen and oxygen atoms in total. The molecule has 0 bridgehead atoms. The Kier molecular flexibility index (Phi) is 4.92. The molecule has 1 aromatic carbocycles. The van der Waals surface area contributed by atoms with Gasteiger partial charge >= 0.3 is 0 Å². The van der Waals surface area contributed by atoms with Gasteiger partial charge in [0.1, 0.15) is 12.4 Å². The Morgan fingerprint density at radius 1 is 1.37 bits per heavy atom. The van der Waals surface area contributed by atoms with Crippen LogP contribution < -0.4 is 4.74 Å². The maximum absolute atomic E-state index is 5.87. The first-order chi connectivity index (χ1) is 9.02. The van der Waals surface area contributed by atoms with Gasteiger partial charge in [0.25, 0.3) is 0 Å². The van der Waals surface area contributed by atoms with Crippen LogP contribution >= 0.6 is 43.5 Å². The third-order valence-electron chi connectivity index (χ3n) is 2.80. The monoisotopic (exact) mass is 406 g/mol. The SMILES string of the molecule is Cc1nn(C)c(COc2ccc(Br)c(CCl)c2)c1Br. The number of aryl methyl sites for hydroxylation is 2. The Balaban J connectivity index is 2.14. The van der Waals surface area contributed by atoms with Crippen LogP contribution in [0.25, 0.3) is 0 Å². The van der Waals surface area contributed by atoms with Crippen molar-refractivity contribution in [3.05, 3.63) is 44.1 Å². The Morgan fingerprint density at radius 3 is 2.68 bits per heavy atom. The van der Waals surface area contributed by atoms with E-state index in [1.54, 1.807) is 0 Å². The molecule has 2 aromatic rings. The van der Waals surface area contributed by atoms with E-state index in [-0.39, 0.29) is 0 Å². The van der Waals surface area contributed by atoms with E-state index in [0.717, 1.165) is 31.6 Å². The van der Waals surface area contributed by atoms with E-state index >= 15 is 0 Å². The number of alkyl halides is 1. The van der Waals surface area contributed by atoms with Crippen molar-refractivity contribution in [2.24, 2.45) is 7.05 Å². The molecular formula is C13H13Br2ClN2O. The number of hydrogen-bond acceptors (Lipinski definition) is 2. The van der Waals surface area contributed by atoms with Crippen LogP contribution in [-0.2, 0) is 19.5 Å². The van der Waals surface area contributed by atoms with Crippen LogP contribution in [0, 0.1) is 6.92 Å². The molecule has 0 spiro atoms. The predicted octanol–water partition coefficient (Wildman–Crippen LogP) is 4.57. The predicted molar refractivity (Wildman–Crippen MR) is 83.7 cm³/mol. The first kappa shape index (κ1) is 14.9. The van der Waals surface area contributed by atoms with E-state index in [1.165, 1.54) is 0 Å². The minimum Gasteiger partial charge on any atom is -0.487 e. The zero-order valence-corrected chi connectivity index (χ0v) is 14.5. The van der Waals surface area contributed by atoms with Crippen molar-refractivity contribution < 1.29 is 4.74 Å². The Hall–Kier alpha value is -0.520. The average Bonchev–Trinajstić information content (AvgIpc) is 2.63. The molecule has 2 rings (SSSR count). The molecule has 0 fully saturated rings. The van der Waals surface area contributed by atoms with Crippen LogP contribution in [0.2, 0.25) is 0 Å². The molecule has 19 heavy (non-hydrogen) atoms. The minimum absolute atomic E-state index is 0.451. The van der Waals surface area contributed by atoms with E-state index in [2.05, 4.69) is 37.0 Å². The average molecular weight is 409 g/mol. The van der Waals surface area contributed by atoms with Crippen molar-refractivity contribution in [1.29, 1.82) is 0 Å². The molecule has 102 valence electrons. The number of rotatable bonds is 4. The van der Waals surface area contributed by atoms with Gasteiger partial charge in [0.05, 0.1) is 15.9 Å².